The molecule has 138 valence electrons. The van der Waals surface area contributed by atoms with Crippen molar-refractivity contribution in [2.45, 2.75) is 62.4 Å². The summed E-state index contributed by atoms with van der Waals surface area (Å²) in [6, 6.07) is 2.15. The lowest BCUT2D eigenvalue weighted by molar-refractivity contribution is -0.126. The van der Waals surface area contributed by atoms with Gasteiger partial charge in [0.25, 0.3) is 0 Å². The minimum absolute atomic E-state index is 0.128. The number of amides is 1. The van der Waals surface area contributed by atoms with Crippen molar-refractivity contribution in [3.63, 3.8) is 0 Å². The first kappa shape index (κ1) is 17.0. The molecule has 6 rings (SSSR count). The summed E-state index contributed by atoms with van der Waals surface area (Å²) >= 11 is 3.38. The zero-order chi connectivity index (χ0) is 17.7. The van der Waals surface area contributed by atoms with Gasteiger partial charge in [-0.3, -0.25) is 4.79 Å². The second-order valence-corrected chi connectivity index (χ2v) is 10.9. The molecule has 0 unspecified atom stereocenters. The SMILES string of the molecule is Cc1cc2c(SCCC(=O)NC34CC5CC(CC(C5)C3)C4)ncnc2s1. The van der Waals surface area contributed by atoms with Gasteiger partial charge in [0.05, 0.1) is 0 Å². The van der Waals surface area contributed by atoms with Crippen molar-refractivity contribution < 1.29 is 4.79 Å². The lowest BCUT2D eigenvalue weighted by Gasteiger charge is -2.56. The molecule has 2 aromatic rings. The Morgan fingerprint density at radius 2 is 1.92 bits per heavy atom. The number of carbonyl (C=O) groups excluding carboxylic acids is 1. The Bertz CT molecular complexity index is 811. The third kappa shape index (κ3) is 3.15. The number of rotatable bonds is 5. The van der Waals surface area contributed by atoms with Crippen molar-refractivity contribution in [1.82, 2.24) is 15.3 Å². The zero-order valence-corrected chi connectivity index (χ0v) is 16.8. The molecule has 1 N–H and O–H groups in total. The van der Waals surface area contributed by atoms with E-state index in [1.54, 1.807) is 29.4 Å². The largest absolute Gasteiger partial charge is 0.351 e. The summed E-state index contributed by atoms with van der Waals surface area (Å²) in [5, 5.41) is 5.60. The van der Waals surface area contributed by atoms with Crippen LogP contribution in [0.25, 0.3) is 10.2 Å². The van der Waals surface area contributed by atoms with E-state index in [-0.39, 0.29) is 11.4 Å². The maximum atomic E-state index is 12.6. The Kier molecular flexibility index (Phi) is 4.24. The van der Waals surface area contributed by atoms with Gasteiger partial charge in [0.1, 0.15) is 16.2 Å². The second-order valence-electron chi connectivity index (χ2n) is 8.60. The lowest BCUT2D eigenvalue weighted by Crippen LogP contribution is -2.59. The number of nitrogens with one attached hydrogen (secondary N) is 1. The first-order chi connectivity index (χ1) is 12.6. The Labute approximate surface area is 162 Å². The predicted molar refractivity (Wildman–Crippen MR) is 107 cm³/mol. The fourth-order valence-corrected chi connectivity index (χ4v) is 7.76. The topological polar surface area (TPSA) is 54.9 Å². The van der Waals surface area contributed by atoms with E-state index in [4.69, 9.17) is 0 Å². The summed E-state index contributed by atoms with van der Waals surface area (Å²) in [6.45, 7) is 2.10. The van der Waals surface area contributed by atoms with E-state index in [0.29, 0.717) is 6.42 Å². The Balaban J connectivity index is 1.19. The number of fused-ring (bicyclic) bond motifs is 1. The van der Waals surface area contributed by atoms with E-state index in [1.165, 1.54) is 43.4 Å². The molecule has 0 atom stereocenters. The molecule has 4 saturated carbocycles. The second kappa shape index (κ2) is 6.48. The van der Waals surface area contributed by atoms with Crippen molar-refractivity contribution in [2.24, 2.45) is 17.8 Å². The normalized spacial score (nSPS) is 32.3. The van der Waals surface area contributed by atoms with Crippen molar-refractivity contribution >= 4 is 39.2 Å². The first-order valence-electron chi connectivity index (χ1n) is 9.73. The highest BCUT2D eigenvalue weighted by atomic mass is 32.2. The highest BCUT2D eigenvalue weighted by Gasteiger charge is 2.51. The maximum Gasteiger partial charge on any atom is 0.221 e. The summed E-state index contributed by atoms with van der Waals surface area (Å²) in [7, 11) is 0. The molecular weight excluding hydrogens is 362 g/mol. The third-order valence-corrected chi connectivity index (χ3v) is 8.39. The Morgan fingerprint density at radius 3 is 2.62 bits per heavy atom. The van der Waals surface area contributed by atoms with E-state index in [2.05, 4.69) is 28.3 Å². The summed E-state index contributed by atoms with van der Waals surface area (Å²) in [4.78, 5) is 23.7. The molecule has 4 nitrogen and oxygen atoms in total. The first-order valence-corrected chi connectivity index (χ1v) is 11.5. The molecule has 0 spiro atoms. The molecule has 0 saturated heterocycles. The quantitative estimate of drug-likeness (QED) is 0.603. The third-order valence-electron chi connectivity index (χ3n) is 6.43. The minimum Gasteiger partial charge on any atom is -0.351 e. The van der Waals surface area contributed by atoms with Gasteiger partial charge >= 0.3 is 0 Å². The highest BCUT2D eigenvalue weighted by Crippen LogP contribution is 2.55. The number of aryl methyl sites for hydroxylation is 1. The molecule has 0 aliphatic heterocycles. The highest BCUT2D eigenvalue weighted by molar-refractivity contribution is 7.99. The van der Waals surface area contributed by atoms with Gasteiger partial charge in [0.15, 0.2) is 0 Å². The van der Waals surface area contributed by atoms with Gasteiger partial charge in [0.2, 0.25) is 5.91 Å². The fourth-order valence-electron chi connectivity index (χ4n) is 5.93. The molecule has 4 bridgehead atoms. The molecule has 6 heteroatoms. The van der Waals surface area contributed by atoms with Crippen LogP contribution in [-0.4, -0.2) is 27.2 Å². The standard InChI is InChI=1S/C20H25N3OS2/c1-12-4-16-18(21-11-22-19(16)26-12)25-3-2-17(24)23-20-8-13-5-14(9-20)7-15(6-13)10-20/h4,11,13-15H,2-3,5-10H2,1H3,(H,23,24). The minimum atomic E-state index is 0.128. The van der Waals surface area contributed by atoms with Crippen LogP contribution in [0.4, 0.5) is 0 Å². The van der Waals surface area contributed by atoms with Gasteiger partial charge in [-0.15, -0.1) is 23.1 Å². The Hall–Kier alpha value is -1.14. The van der Waals surface area contributed by atoms with Crippen molar-refractivity contribution in [1.29, 1.82) is 0 Å². The lowest BCUT2D eigenvalue weighted by atomic mass is 9.53. The molecular formula is C20H25N3OS2. The number of nitrogens with zero attached hydrogens (tertiary/aromatic N) is 2. The van der Waals surface area contributed by atoms with Crippen LogP contribution in [0, 0.1) is 24.7 Å². The van der Waals surface area contributed by atoms with Crippen molar-refractivity contribution in [3.05, 3.63) is 17.3 Å². The van der Waals surface area contributed by atoms with Crippen LogP contribution < -0.4 is 5.32 Å². The van der Waals surface area contributed by atoms with E-state index in [0.717, 1.165) is 38.7 Å². The number of thioether (sulfide) groups is 1. The van der Waals surface area contributed by atoms with Crippen LogP contribution in [0.1, 0.15) is 49.8 Å². The van der Waals surface area contributed by atoms with Gasteiger partial charge in [0, 0.05) is 28.0 Å². The monoisotopic (exact) mass is 387 g/mol. The molecule has 2 heterocycles. The molecule has 0 radical (unpaired) electrons. The zero-order valence-electron chi connectivity index (χ0n) is 15.2. The molecule has 2 aromatic heterocycles. The van der Waals surface area contributed by atoms with Crippen LogP contribution in [0.15, 0.2) is 17.4 Å². The fraction of sp³-hybridized carbons (Fsp3) is 0.650. The molecule has 0 aromatic carbocycles. The molecule has 4 fully saturated rings. The smallest absolute Gasteiger partial charge is 0.221 e. The van der Waals surface area contributed by atoms with Crippen molar-refractivity contribution in [3.8, 4) is 0 Å². The average Bonchev–Trinajstić information content (AvgIpc) is 2.94. The number of carbonyl (C=O) groups is 1. The van der Waals surface area contributed by atoms with E-state index < -0.39 is 0 Å². The number of aromatic nitrogens is 2. The number of hydrogen-bond acceptors (Lipinski definition) is 5. The van der Waals surface area contributed by atoms with Crippen LogP contribution in [0.5, 0.6) is 0 Å². The molecule has 4 aliphatic carbocycles. The van der Waals surface area contributed by atoms with Gasteiger partial charge in [-0.25, -0.2) is 9.97 Å². The van der Waals surface area contributed by atoms with Gasteiger partial charge in [-0.05, 0) is 69.3 Å². The van der Waals surface area contributed by atoms with Crippen LogP contribution >= 0.6 is 23.1 Å². The molecule has 26 heavy (non-hydrogen) atoms. The van der Waals surface area contributed by atoms with E-state index in [9.17, 15) is 4.79 Å². The summed E-state index contributed by atoms with van der Waals surface area (Å²) in [5.74, 6) is 3.61. The van der Waals surface area contributed by atoms with Gasteiger partial charge < -0.3 is 5.32 Å². The van der Waals surface area contributed by atoms with Gasteiger partial charge in [-0.2, -0.15) is 0 Å². The molecule has 1 amide bonds. The van der Waals surface area contributed by atoms with Crippen LogP contribution in [0.3, 0.4) is 0 Å². The van der Waals surface area contributed by atoms with Gasteiger partial charge in [-0.1, -0.05) is 0 Å². The maximum absolute atomic E-state index is 12.6. The number of thiophene rings is 1. The summed E-state index contributed by atoms with van der Waals surface area (Å²) in [5.41, 5.74) is 0.128. The molecule has 4 aliphatic rings. The van der Waals surface area contributed by atoms with E-state index in [1.807, 2.05) is 0 Å². The Morgan fingerprint density at radius 1 is 1.23 bits per heavy atom. The summed E-state index contributed by atoms with van der Waals surface area (Å²) < 4.78 is 0. The van der Waals surface area contributed by atoms with Crippen LogP contribution in [-0.2, 0) is 4.79 Å². The van der Waals surface area contributed by atoms with Crippen LogP contribution in [0.2, 0.25) is 0 Å². The predicted octanol–water partition coefficient (Wildman–Crippen LogP) is 4.57. The summed E-state index contributed by atoms with van der Waals surface area (Å²) in [6.07, 6.45) is 10.1. The average molecular weight is 388 g/mol. The number of hydrogen-bond donors (Lipinski definition) is 1. The van der Waals surface area contributed by atoms with E-state index >= 15 is 0 Å². The van der Waals surface area contributed by atoms with Crippen molar-refractivity contribution in [2.75, 3.05) is 5.75 Å².